The molecule has 2 aliphatic rings. The summed E-state index contributed by atoms with van der Waals surface area (Å²) in [4.78, 5) is 23.3. The molecule has 156 valence electrons. The molecular weight excluding hydrogens is 383 g/mol. The summed E-state index contributed by atoms with van der Waals surface area (Å²) in [6.07, 6.45) is 10.9. The van der Waals surface area contributed by atoms with Crippen LogP contribution < -0.4 is 10.5 Å². The number of amides is 1. The zero-order valence-electron chi connectivity index (χ0n) is 17.0. The van der Waals surface area contributed by atoms with Crippen LogP contribution in [0.5, 0.6) is 5.75 Å². The number of nitrogens with zero attached hydrogens (tertiary/aromatic N) is 3. The average molecular weight is 408 g/mol. The summed E-state index contributed by atoms with van der Waals surface area (Å²) in [5, 5.41) is 0. The topological polar surface area (TPSA) is 80.8 Å². The lowest BCUT2D eigenvalue weighted by Gasteiger charge is -2.34. The maximum Gasteiger partial charge on any atom is 0.260 e. The first-order valence-corrected chi connectivity index (χ1v) is 10.2. The Bertz CT molecular complexity index is 995. The van der Waals surface area contributed by atoms with Crippen LogP contribution in [0.4, 0.5) is 10.2 Å². The number of ether oxygens (including phenoxy) is 1. The first kappa shape index (κ1) is 20.1. The predicted octanol–water partition coefficient (Wildman–Crippen LogP) is 4.03. The van der Waals surface area contributed by atoms with Crippen molar-refractivity contribution in [3.63, 3.8) is 0 Å². The van der Waals surface area contributed by atoms with E-state index in [1.807, 2.05) is 6.07 Å². The van der Waals surface area contributed by atoms with Crippen LogP contribution in [0.3, 0.4) is 0 Å². The number of nitrogens with two attached hydrogens (primary N) is 1. The average Bonchev–Trinajstić information content (AvgIpc) is 3.28. The molecule has 0 spiro atoms. The van der Waals surface area contributed by atoms with E-state index in [1.54, 1.807) is 42.4 Å². The van der Waals surface area contributed by atoms with Crippen molar-refractivity contribution < 1.29 is 13.9 Å². The fourth-order valence-corrected chi connectivity index (χ4v) is 4.08. The van der Waals surface area contributed by atoms with E-state index >= 15 is 4.39 Å². The Hall–Kier alpha value is -3.22. The van der Waals surface area contributed by atoms with E-state index in [9.17, 15) is 4.79 Å². The van der Waals surface area contributed by atoms with Gasteiger partial charge in [0.1, 0.15) is 0 Å². The summed E-state index contributed by atoms with van der Waals surface area (Å²) in [6.45, 7) is 1.84. The first-order valence-electron chi connectivity index (χ1n) is 10.2. The van der Waals surface area contributed by atoms with Gasteiger partial charge in [-0.25, -0.2) is 14.4 Å². The number of aromatic nitrogens is 1. The molecule has 1 fully saturated rings. The Morgan fingerprint density at radius 1 is 1.37 bits per heavy atom. The maximum absolute atomic E-state index is 15.0. The quantitative estimate of drug-likeness (QED) is 0.758. The summed E-state index contributed by atoms with van der Waals surface area (Å²) in [5.41, 5.74) is 7.73. The molecule has 2 heterocycles. The van der Waals surface area contributed by atoms with Gasteiger partial charge in [0.15, 0.2) is 24.1 Å². The SMILES string of the molecule is Cc1c(Cc2ccc(N=CC=CN)nc2)cc2c(c1F)OCN(C1CCCC1)C2=O. The molecule has 0 atom stereocenters. The molecular formula is C23H25FN4O2. The Morgan fingerprint density at radius 2 is 2.17 bits per heavy atom. The molecule has 6 nitrogen and oxygen atoms in total. The summed E-state index contributed by atoms with van der Waals surface area (Å²) < 4.78 is 20.7. The van der Waals surface area contributed by atoms with Crippen LogP contribution in [0, 0.1) is 12.7 Å². The molecule has 1 aromatic heterocycles. The lowest BCUT2D eigenvalue weighted by Crippen LogP contribution is -2.44. The van der Waals surface area contributed by atoms with E-state index in [2.05, 4.69) is 9.98 Å². The number of carbonyl (C=O) groups is 1. The van der Waals surface area contributed by atoms with Crippen molar-refractivity contribution in [2.45, 2.75) is 45.1 Å². The lowest BCUT2D eigenvalue weighted by atomic mass is 9.96. The minimum Gasteiger partial charge on any atom is -0.469 e. The molecule has 1 aromatic carbocycles. The van der Waals surface area contributed by atoms with Crippen molar-refractivity contribution in [1.29, 1.82) is 0 Å². The number of hydrogen-bond acceptors (Lipinski definition) is 5. The van der Waals surface area contributed by atoms with E-state index in [1.165, 1.54) is 6.20 Å². The fourth-order valence-electron chi connectivity index (χ4n) is 4.08. The summed E-state index contributed by atoms with van der Waals surface area (Å²) in [5.74, 6) is 0.0379. The zero-order valence-corrected chi connectivity index (χ0v) is 17.0. The molecule has 0 unspecified atom stereocenters. The molecule has 4 rings (SSSR count). The monoisotopic (exact) mass is 408 g/mol. The van der Waals surface area contributed by atoms with Crippen molar-refractivity contribution in [2.75, 3.05) is 6.73 Å². The highest BCUT2D eigenvalue weighted by Gasteiger charge is 2.35. The van der Waals surface area contributed by atoms with Crippen LogP contribution in [-0.4, -0.2) is 34.8 Å². The highest BCUT2D eigenvalue weighted by atomic mass is 19.1. The third-order valence-electron chi connectivity index (χ3n) is 5.79. The van der Waals surface area contributed by atoms with Gasteiger partial charge in [-0.1, -0.05) is 18.9 Å². The van der Waals surface area contributed by atoms with Gasteiger partial charge in [-0.15, -0.1) is 0 Å². The van der Waals surface area contributed by atoms with E-state index in [-0.39, 0.29) is 24.4 Å². The number of allylic oxidation sites excluding steroid dienone is 1. The normalized spacial score (nSPS) is 17.1. The Labute approximate surface area is 175 Å². The molecule has 2 N–H and O–H groups in total. The van der Waals surface area contributed by atoms with Gasteiger partial charge in [0.2, 0.25) is 0 Å². The van der Waals surface area contributed by atoms with Crippen molar-refractivity contribution in [1.82, 2.24) is 9.88 Å². The molecule has 1 saturated carbocycles. The van der Waals surface area contributed by atoms with E-state index in [0.717, 1.165) is 36.8 Å². The Kier molecular flexibility index (Phi) is 5.79. The second-order valence-corrected chi connectivity index (χ2v) is 7.70. The third kappa shape index (κ3) is 3.92. The molecule has 30 heavy (non-hydrogen) atoms. The number of carbonyl (C=O) groups excluding carboxylic acids is 1. The Morgan fingerprint density at radius 3 is 2.87 bits per heavy atom. The predicted molar refractivity (Wildman–Crippen MR) is 114 cm³/mol. The van der Waals surface area contributed by atoms with Crippen LogP contribution in [-0.2, 0) is 6.42 Å². The van der Waals surface area contributed by atoms with Crippen molar-refractivity contribution in [2.24, 2.45) is 10.7 Å². The van der Waals surface area contributed by atoms with Gasteiger partial charge in [-0.2, -0.15) is 0 Å². The molecule has 0 radical (unpaired) electrons. The summed E-state index contributed by atoms with van der Waals surface area (Å²) >= 11 is 0. The van der Waals surface area contributed by atoms with Gasteiger partial charge in [-0.05, 0) is 67.3 Å². The van der Waals surface area contributed by atoms with Crippen molar-refractivity contribution in [3.8, 4) is 5.75 Å². The zero-order chi connectivity index (χ0) is 21.1. The molecule has 7 heteroatoms. The lowest BCUT2D eigenvalue weighted by molar-refractivity contribution is 0.0377. The number of fused-ring (bicyclic) bond motifs is 1. The Balaban J connectivity index is 1.59. The molecule has 1 aliphatic carbocycles. The van der Waals surface area contributed by atoms with Crippen molar-refractivity contribution in [3.05, 3.63) is 64.7 Å². The minimum atomic E-state index is -0.454. The smallest absolute Gasteiger partial charge is 0.260 e. The molecule has 0 saturated heterocycles. The second-order valence-electron chi connectivity index (χ2n) is 7.70. The largest absolute Gasteiger partial charge is 0.469 e. The number of halogens is 1. The van der Waals surface area contributed by atoms with Crippen LogP contribution >= 0.6 is 0 Å². The van der Waals surface area contributed by atoms with Gasteiger partial charge in [-0.3, -0.25) is 4.79 Å². The van der Waals surface area contributed by atoms with Crippen molar-refractivity contribution >= 4 is 17.9 Å². The van der Waals surface area contributed by atoms with Crippen LogP contribution in [0.1, 0.15) is 52.7 Å². The van der Waals surface area contributed by atoms with Crippen LogP contribution in [0.15, 0.2) is 41.7 Å². The number of benzene rings is 1. The van der Waals surface area contributed by atoms with E-state index in [4.69, 9.17) is 10.5 Å². The highest BCUT2D eigenvalue weighted by molar-refractivity contribution is 5.98. The molecule has 2 aromatic rings. The highest BCUT2D eigenvalue weighted by Crippen LogP contribution is 2.36. The van der Waals surface area contributed by atoms with Gasteiger partial charge in [0.25, 0.3) is 5.91 Å². The minimum absolute atomic E-state index is 0.0752. The standard InChI is InChI=1S/C23H25FN4O2/c1-15-17(11-16-7-8-20(27-13-16)26-10-4-9-25)12-19-22(21(15)24)30-14-28(23(19)29)18-5-2-3-6-18/h4,7-10,12-13,18H,2-3,5-6,11,14,25H2,1H3. The molecule has 1 aliphatic heterocycles. The van der Waals surface area contributed by atoms with E-state index in [0.29, 0.717) is 23.4 Å². The van der Waals surface area contributed by atoms with Gasteiger partial charge < -0.3 is 15.4 Å². The van der Waals surface area contributed by atoms with Crippen LogP contribution in [0.2, 0.25) is 0 Å². The number of hydrogen-bond donors (Lipinski definition) is 1. The maximum atomic E-state index is 15.0. The molecule has 0 bridgehead atoms. The first-order chi connectivity index (χ1) is 14.6. The third-order valence-corrected chi connectivity index (χ3v) is 5.79. The molecule has 1 amide bonds. The number of pyridine rings is 1. The summed E-state index contributed by atoms with van der Waals surface area (Å²) in [6, 6.07) is 5.64. The van der Waals surface area contributed by atoms with Gasteiger partial charge in [0.05, 0.1) is 5.56 Å². The van der Waals surface area contributed by atoms with Gasteiger partial charge in [0, 0.05) is 18.5 Å². The fraction of sp³-hybridized carbons (Fsp3) is 0.348. The summed E-state index contributed by atoms with van der Waals surface area (Å²) in [7, 11) is 0. The van der Waals surface area contributed by atoms with E-state index < -0.39 is 5.82 Å². The number of aliphatic imine (C=N–C) groups is 1. The van der Waals surface area contributed by atoms with Gasteiger partial charge >= 0.3 is 0 Å². The second kappa shape index (κ2) is 8.65. The van der Waals surface area contributed by atoms with Crippen LogP contribution in [0.25, 0.3) is 0 Å². The number of rotatable bonds is 5.